The van der Waals surface area contributed by atoms with E-state index in [4.69, 9.17) is 10.2 Å². The van der Waals surface area contributed by atoms with E-state index in [2.05, 4.69) is 0 Å². The first-order valence-corrected chi connectivity index (χ1v) is 9.31. The summed E-state index contributed by atoms with van der Waals surface area (Å²) in [6.07, 6.45) is 1.30. The minimum Gasteiger partial charge on any atom is -0.463 e. The van der Waals surface area contributed by atoms with Crippen molar-refractivity contribution in [3.8, 4) is 0 Å². The third-order valence-corrected chi connectivity index (χ3v) is 5.99. The van der Waals surface area contributed by atoms with Crippen LogP contribution in [0.4, 0.5) is 0 Å². The smallest absolute Gasteiger partial charge is 0.164 e. The SMILES string of the molecule is Cc1cc(CN2CCSCC2S(C)(=O)=O)oc1CN. The lowest BCUT2D eigenvalue weighted by atomic mass is 10.2. The second-order valence-electron chi connectivity index (χ2n) is 4.85. The topological polar surface area (TPSA) is 76.5 Å². The van der Waals surface area contributed by atoms with Crippen LogP contribution in [0.25, 0.3) is 0 Å². The van der Waals surface area contributed by atoms with Crippen LogP contribution in [0.1, 0.15) is 17.1 Å². The van der Waals surface area contributed by atoms with Gasteiger partial charge in [0, 0.05) is 24.3 Å². The maximum Gasteiger partial charge on any atom is 0.164 e. The molecule has 0 radical (unpaired) electrons. The van der Waals surface area contributed by atoms with Crippen LogP contribution in [0.3, 0.4) is 0 Å². The van der Waals surface area contributed by atoms with Crippen molar-refractivity contribution in [3.05, 3.63) is 23.2 Å². The summed E-state index contributed by atoms with van der Waals surface area (Å²) >= 11 is 1.69. The summed E-state index contributed by atoms with van der Waals surface area (Å²) < 4.78 is 29.3. The van der Waals surface area contributed by atoms with Crippen molar-refractivity contribution in [1.29, 1.82) is 0 Å². The third kappa shape index (κ3) is 3.53. The quantitative estimate of drug-likeness (QED) is 0.893. The van der Waals surface area contributed by atoms with Gasteiger partial charge in [-0.25, -0.2) is 8.42 Å². The number of furan rings is 1. The fraction of sp³-hybridized carbons (Fsp3) is 0.667. The number of nitrogens with two attached hydrogens (primary N) is 1. The van der Waals surface area contributed by atoms with Gasteiger partial charge in [-0.05, 0) is 18.6 Å². The molecule has 1 fully saturated rings. The van der Waals surface area contributed by atoms with Gasteiger partial charge >= 0.3 is 0 Å². The Morgan fingerprint density at radius 1 is 1.58 bits per heavy atom. The Bertz CT molecular complexity index is 539. The van der Waals surface area contributed by atoms with Gasteiger partial charge in [-0.3, -0.25) is 4.90 Å². The maximum atomic E-state index is 11.8. The molecule has 1 aliphatic rings. The maximum absolute atomic E-state index is 11.8. The second kappa shape index (κ2) is 5.87. The van der Waals surface area contributed by atoms with Gasteiger partial charge in [0.25, 0.3) is 0 Å². The van der Waals surface area contributed by atoms with E-state index in [9.17, 15) is 8.42 Å². The number of sulfone groups is 1. The Labute approximate surface area is 118 Å². The van der Waals surface area contributed by atoms with E-state index in [1.807, 2.05) is 17.9 Å². The summed E-state index contributed by atoms with van der Waals surface area (Å²) in [7, 11) is -3.07. The molecule has 1 aromatic heterocycles. The first-order chi connectivity index (χ1) is 8.91. The first-order valence-electron chi connectivity index (χ1n) is 6.20. The van der Waals surface area contributed by atoms with Gasteiger partial charge in [0.15, 0.2) is 9.84 Å². The van der Waals surface area contributed by atoms with Crippen molar-refractivity contribution < 1.29 is 12.8 Å². The molecule has 1 unspecified atom stereocenters. The van der Waals surface area contributed by atoms with E-state index < -0.39 is 15.2 Å². The van der Waals surface area contributed by atoms with Crippen molar-refractivity contribution in [3.63, 3.8) is 0 Å². The minimum atomic E-state index is -3.07. The van der Waals surface area contributed by atoms with E-state index >= 15 is 0 Å². The number of aryl methyl sites for hydroxylation is 1. The van der Waals surface area contributed by atoms with Crippen molar-refractivity contribution >= 4 is 21.6 Å². The van der Waals surface area contributed by atoms with Gasteiger partial charge in [0.05, 0.1) is 13.1 Å². The largest absolute Gasteiger partial charge is 0.463 e. The van der Waals surface area contributed by atoms with Gasteiger partial charge in [-0.2, -0.15) is 11.8 Å². The molecule has 7 heteroatoms. The number of rotatable bonds is 4. The zero-order valence-electron chi connectivity index (χ0n) is 11.3. The first kappa shape index (κ1) is 14.9. The standard InChI is InChI=1S/C12H20N2O3S2/c1-9-5-10(17-11(9)6-13)7-14-3-4-18-8-12(14)19(2,15)16/h5,12H,3-4,6-8,13H2,1-2H3. The lowest BCUT2D eigenvalue weighted by molar-refractivity contribution is 0.238. The van der Waals surface area contributed by atoms with Crippen LogP contribution in [0.15, 0.2) is 10.5 Å². The lowest BCUT2D eigenvalue weighted by Gasteiger charge is -2.33. The van der Waals surface area contributed by atoms with Crippen LogP contribution in [0.2, 0.25) is 0 Å². The van der Waals surface area contributed by atoms with Gasteiger partial charge in [0.2, 0.25) is 0 Å². The molecule has 1 atom stereocenters. The molecule has 1 saturated heterocycles. The average molecular weight is 304 g/mol. The molecule has 2 rings (SSSR count). The molecule has 5 nitrogen and oxygen atoms in total. The summed E-state index contributed by atoms with van der Waals surface area (Å²) in [5.41, 5.74) is 6.61. The Morgan fingerprint density at radius 3 is 2.89 bits per heavy atom. The zero-order chi connectivity index (χ0) is 14.0. The molecule has 0 aliphatic carbocycles. The Morgan fingerprint density at radius 2 is 2.32 bits per heavy atom. The van der Waals surface area contributed by atoms with E-state index in [1.165, 1.54) is 6.26 Å². The normalized spacial score (nSPS) is 21.7. The highest BCUT2D eigenvalue weighted by Crippen LogP contribution is 2.24. The Balaban J connectivity index is 2.15. The predicted octanol–water partition coefficient (Wildman–Crippen LogP) is 0.966. The van der Waals surface area contributed by atoms with Gasteiger partial charge < -0.3 is 10.2 Å². The molecule has 0 bridgehead atoms. The van der Waals surface area contributed by atoms with Crippen molar-refractivity contribution in [1.82, 2.24) is 4.90 Å². The molecular formula is C12H20N2O3S2. The van der Waals surface area contributed by atoms with Gasteiger partial charge in [0.1, 0.15) is 16.9 Å². The lowest BCUT2D eigenvalue weighted by Crippen LogP contribution is -2.46. The van der Waals surface area contributed by atoms with Gasteiger partial charge in [-0.1, -0.05) is 0 Å². The molecule has 0 saturated carbocycles. The number of hydrogen-bond donors (Lipinski definition) is 1. The van der Waals surface area contributed by atoms with E-state index in [0.717, 1.165) is 29.4 Å². The van der Waals surface area contributed by atoms with Crippen molar-refractivity contribution in [2.75, 3.05) is 24.3 Å². The molecule has 2 heterocycles. The monoisotopic (exact) mass is 304 g/mol. The number of thioether (sulfide) groups is 1. The Hall–Kier alpha value is -0.500. The van der Waals surface area contributed by atoms with E-state index in [-0.39, 0.29) is 0 Å². The molecule has 0 amide bonds. The molecule has 19 heavy (non-hydrogen) atoms. The molecule has 2 N–H and O–H groups in total. The van der Waals surface area contributed by atoms with Gasteiger partial charge in [-0.15, -0.1) is 0 Å². The molecule has 1 aliphatic heterocycles. The fourth-order valence-electron chi connectivity index (χ4n) is 2.26. The summed E-state index contributed by atoms with van der Waals surface area (Å²) in [5, 5.41) is -0.419. The van der Waals surface area contributed by atoms with Crippen LogP contribution in [-0.4, -0.2) is 43.0 Å². The van der Waals surface area contributed by atoms with Crippen LogP contribution >= 0.6 is 11.8 Å². The summed E-state index contributed by atoms with van der Waals surface area (Å²) in [6, 6.07) is 1.95. The predicted molar refractivity (Wildman–Crippen MR) is 77.7 cm³/mol. The highest BCUT2D eigenvalue weighted by Gasteiger charge is 2.31. The summed E-state index contributed by atoms with van der Waals surface area (Å²) in [5.74, 6) is 3.15. The van der Waals surface area contributed by atoms with Crippen LogP contribution < -0.4 is 5.73 Å². The second-order valence-corrected chi connectivity index (χ2v) is 8.21. The Kier molecular flexibility index (Phi) is 4.60. The molecule has 0 spiro atoms. The zero-order valence-corrected chi connectivity index (χ0v) is 12.9. The molecular weight excluding hydrogens is 284 g/mol. The molecule has 1 aromatic rings. The van der Waals surface area contributed by atoms with Crippen molar-refractivity contribution in [2.45, 2.75) is 25.4 Å². The number of nitrogens with zero attached hydrogens (tertiary/aromatic N) is 1. The van der Waals surface area contributed by atoms with Crippen LogP contribution in [0.5, 0.6) is 0 Å². The average Bonchev–Trinajstić information content (AvgIpc) is 2.69. The molecule has 0 aromatic carbocycles. The van der Waals surface area contributed by atoms with E-state index in [1.54, 1.807) is 11.8 Å². The highest BCUT2D eigenvalue weighted by atomic mass is 32.2. The molecule has 108 valence electrons. The summed E-state index contributed by atoms with van der Waals surface area (Å²) in [4.78, 5) is 1.98. The van der Waals surface area contributed by atoms with E-state index in [0.29, 0.717) is 18.8 Å². The highest BCUT2D eigenvalue weighted by molar-refractivity contribution is 8.00. The summed E-state index contributed by atoms with van der Waals surface area (Å²) in [6.45, 7) is 3.62. The van der Waals surface area contributed by atoms with Crippen LogP contribution in [0, 0.1) is 6.92 Å². The van der Waals surface area contributed by atoms with Crippen LogP contribution in [-0.2, 0) is 22.9 Å². The van der Waals surface area contributed by atoms with Crippen molar-refractivity contribution in [2.24, 2.45) is 5.73 Å². The minimum absolute atomic E-state index is 0.372. The fourth-order valence-corrected chi connectivity index (χ4v) is 5.20. The number of hydrogen-bond acceptors (Lipinski definition) is 6. The third-order valence-electron chi connectivity index (χ3n) is 3.30.